The highest BCUT2D eigenvalue weighted by Crippen LogP contribution is 2.24. The van der Waals surface area contributed by atoms with E-state index in [1.807, 2.05) is 30.3 Å². The Labute approximate surface area is 100 Å². The molecule has 0 spiro atoms. The van der Waals surface area contributed by atoms with E-state index in [2.05, 4.69) is 0 Å². The van der Waals surface area contributed by atoms with Gasteiger partial charge < -0.3 is 0 Å². The summed E-state index contributed by atoms with van der Waals surface area (Å²) in [5.74, 6) is 0. The Bertz CT molecular complexity index is 631. The van der Waals surface area contributed by atoms with Crippen LogP contribution in [0.3, 0.4) is 0 Å². The zero-order chi connectivity index (χ0) is 12.5. The average molecular weight is 248 g/mol. The molecule has 3 nitrogen and oxygen atoms in total. The molecular formula is C13H12O3S. The fourth-order valence-electron chi connectivity index (χ4n) is 1.75. The standard InChI is InChI=1S/C13H12O3S/c1-10-9-12(11-5-3-2-4-6-11)7-8-13(10)17(14,15)16/h2-9H,1H3,(H,14,15,16). The minimum Gasteiger partial charge on any atom is -0.282 e. The summed E-state index contributed by atoms with van der Waals surface area (Å²) in [4.78, 5) is -0.0443. The van der Waals surface area contributed by atoms with E-state index in [1.165, 1.54) is 6.07 Å². The van der Waals surface area contributed by atoms with Crippen LogP contribution in [0.15, 0.2) is 53.4 Å². The largest absolute Gasteiger partial charge is 0.294 e. The minimum atomic E-state index is -4.13. The molecule has 2 rings (SSSR count). The van der Waals surface area contributed by atoms with Crippen molar-refractivity contribution >= 4 is 10.1 Å². The molecule has 0 aromatic heterocycles. The molecule has 0 saturated heterocycles. The highest BCUT2D eigenvalue weighted by Gasteiger charge is 2.13. The summed E-state index contributed by atoms with van der Waals surface area (Å²) in [6, 6.07) is 14.5. The summed E-state index contributed by atoms with van der Waals surface area (Å²) in [7, 11) is -4.13. The van der Waals surface area contributed by atoms with Crippen molar-refractivity contribution < 1.29 is 13.0 Å². The first-order valence-electron chi connectivity index (χ1n) is 5.12. The van der Waals surface area contributed by atoms with Crippen molar-refractivity contribution in [3.05, 3.63) is 54.1 Å². The summed E-state index contributed by atoms with van der Waals surface area (Å²) in [6.45, 7) is 1.66. The maximum Gasteiger partial charge on any atom is 0.294 e. The van der Waals surface area contributed by atoms with Gasteiger partial charge in [0.1, 0.15) is 0 Å². The number of hydrogen-bond donors (Lipinski definition) is 1. The quantitative estimate of drug-likeness (QED) is 0.831. The molecule has 88 valence electrons. The zero-order valence-electron chi connectivity index (χ0n) is 9.29. The van der Waals surface area contributed by atoms with Gasteiger partial charge in [0, 0.05) is 0 Å². The van der Waals surface area contributed by atoms with Gasteiger partial charge in [-0.1, -0.05) is 42.5 Å². The second kappa shape index (κ2) is 4.31. The molecule has 0 amide bonds. The van der Waals surface area contributed by atoms with Gasteiger partial charge in [-0.05, 0) is 29.7 Å². The molecule has 1 N–H and O–H groups in total. The second-order valence-electron chi connectivity index (χ2n) is 3.82. The molecule has 0 saturated carbocycles. The molecule has 0 atom stereocenters. The van der Waals surface area contributed by atoms with E-state index in [1.54, 1.807) is 19.1 Å². The monoisotopic (exact) mass is 248 g/mol. The van der Waals surface area contributed by atoms with Gasteiger partial charge in [-0.2, -0.15) is 8.42 Å². The molecule has 0 aliphatic carbocycles. The third kappa shape index (κ3) is 2.54. The predicted molar refractivity (Wildman–Crippen MR) is 66.4 cm³/mol. The van der Waals surface area contributed by atoms with Crippen LogP contribution in [0.2, 0.25) is 0 Å². The lowest BCUT2D eigenvalue weighted by atomic mass is 10.0. The predicted octanol–water partition coefficient (Wildman–Crippen LogP) is 2.91. The molecule has 0 heterocycles. The SMILES string of the molecule is Cc1cc(-c2ccccc2)ccc1S(=O)(=O)O. The van der Waals surface area contributed by atoms with Gasteiger partial charge in [-0.15, -0.1) is 0 Å². The lowest BCUT2D eigenvalue weighted by molar-refractivity contribution is 0.482. The molecule has 0 aliphatic rings. The van der Waals surface area contributed by atoms with E-state index in [-0.39, 0.29) is 4.90 Å². The van der Waals surface area contributed by atoms with Crippen LogP contribution < -0.4 is 0 Å². The van der Waals surface area contributed by atoms with Crippen LogP contribution in [0.1, 0.15) is 5.56 Å². The molecule has 4 heteroatoms. The normalized spacial score (nSPS) is 11.4. The van der Waals surface area contributed by atoms with Crippen molar-refractivity contribution in [3.63, 3.8) is 0 Å². The van der Waals surface area contributed by atoms with Crippen molar-refractivity contribution in [2.75, 3.05) is 0 Å². The Morgan fingerprint density at radius 1 is 0.941 bits per heavy atom. The van der Waals surface area contributed by atoms with Crippen LogP contribution in [0.25, 0.3) is 11.1 Å². The highest BCUT2D eigenvalue weighted by atomic mass is 32.2. The number of benzene rings is 2. The third-order valence-electron chi connectivity index (χ3n) is 2.56. The molecular weight excluding hydrogens is 236 g/mol. The molecule has 2 aromatic rings. The minimum absolute atomic E-state index is 0.0443. The van der Waals surface area contributed by atoms with Gasteiger partial charge in [0.15, 0.2) is 0 Å². The average Bonchev–Trinajstić information content (AvgIpc) is 2.28. The van der Waals surface area contributed by atoms with E-state index in [4.69, 9.17) is 4.55 Å². The van der Waals surface area contributed by atoms with Crippen LogP contribution >= 0.6 is 0 Å². The maximum atomic E-state index is 11.1. The van der Waals surface area contributed by atoms with E-state index >= 15 is 0 Å². The maximum absolute atomic E-state index is 11.1. The van der Waals surface area contributed by atoms with Crippen molar-refractivity contribution in [1.82, 2.24) is 0 Å². The number of aryl methyl sites for hydroxylation is 1. The summed E-state index contributed by atoms with van der Waals surface area (Å²) < 4.78 is 31.1. The van der Waals surface area contributed by atoms with Crippen LogP contribution in [-0.2, 0) is 10.1 Å². The van der Waals surface area contributed by atoms with Crippen molar-refractivity contribution in [1.29, 1.82) is 0 Å². The molecule has 2 aromatic carbocycles. The first kappa shape index (κ1) is 11.8. The van der Waals surface area contributed by atoms with Crippen LogP contribution in [-0.4, -0.2) is 13.0 Å². The topological polar surface area (TPSA) is 54.4 Å². The fourth-order valence-corrected chi connectivity index (χ4v) is 2.45. The molecule has 17 heavy (non-hydrogen) atoms. The highest BCUT2D eigenvalue weighted by molar-refractivity contribution is 7.85. The molecule has 0 unspecified atom stereocenters. The Morgan fingerprint density at radius 3 is 2.12 bits per heavy atom. The first-order valence-corrected chi connectivity index (χ1v) is 6.56. The number of rotatable bonds is 2. The third-order valence-corrected chi connectivity index (χ3v) is 3.57. The summed E-state index contributed by atoms with van der Waals surface area (Å²) >= 11 is 0. The number of hydrogen-bond acceptors (Lipinski definition) is 2. The van der Waals surface area contributed by atoms with Crippen molar-refractivity contribution in [3.8, 4) is 11.1 Å². The van der Waals surface area contributed by atoms with Gasteiger partial charge in [0.25, 0.3) is 10.1 Å². The summed E-state index contributed by atoms with van der Waals surface area (Å²) in [5, 5.41) is 0. The lowest BCUT2D eigenvalue weighted by Gasteiger charge is -2.06. The fraction of sp³-hybridized carbons (Fsp3) is 0.0769. The van der Waals surface area contributed by atoms with E-state index in [0.717, 1.165) is 11.1 Å². The van der Waals surface area contributed by atoms with Gasteiger partial charge >= 0.3 is 0 Å². The second-order valence-corrected chi connectivity index (χ2v) is 5.21. The molecule has 0 radical (unpaired) electrons. The Kier molecular flexibility index (Phi) is 3.00. The van der Waals surface area contributed by atoms with Crippen LogP contribution in [0, 0.1) is 6.92 Å². The van der Waals surface area contributed by atoms with Gasteiger partial charge in [-0.3, -0.25) is 4.55 Å². The van der Waals surface area contributed by atoms with E-state index in [0.29, 0.717) is 5.56 Å². The van der Waals surface area contributed by atoms with E-state index in [9.17, 15) is 8.42 Å². The molecule has 0 fully saturated rings. The Balaban J connectivity index is 2.53. The van der Waals surface area contributed by atoms with Crippen LogP contribution in [0.5, 0.6) is 0 Å². The lowest BCUT2D eigenvalue weighted by Crippen LogP contribution is -2.00. The first-order chi connectivity index (χ1) is 7.98. The van der Waals surface area contributed by atoms with Crippen molar-refractivity contribution in [2.24, 2.45) is 0 Å². The van der Waals surface area contributed by atoms with Gasteiger partial charge in [-0.25, -0.2) is 0 Å². The van der Waals surface area contributed by atoms with Crippen LogP contribution in [0.4, 0.5) is 0 Å². The van der Waals surface area contributed by atoms with Gasteiger partial charge in [0.05, 0.1) is 4.90 Å². The zero-order valence-corrected chi connectivity index (χ0v) is 10.1. The Hall–Kier alpha value is -1.65. The summed E-state index contributed by atoms with van der Waals surface area (Å²) in [5.41, 5.74) is 2.47. The Morgan fingerprint density at radius 2 is 1.59 bits per heavy atom. The smallest absolute Gasteiger partial charge is 0.282 e. The van der Waals surface area contributed by atoms with Gasteiger partial charge in [0.2, 0.25) is 0 Å². The van der Waals surface area contributed by atoms with E-state index < -0.39 is 10.1 Å². The summed E-state index contributed by atoms with van der Waals surface area (Å²) in [6.07, 6.45) is 0. The molecule has 0 aliphatic heterocycles. The van der Waals surface area contributed by atoms with Crippen molar-refractivity contribution in [2.45, 2.75) is 11.8 Å². The molecule has 0 bridgehead atoms.